The normalized spacial score (nSPS) is 10.9. The van der Waals surface area contributed by atoms with Crippen molar-refractivity contribution in [3.8, 4) is 28.3 Å². The lowest BCUT2D eigenvalue weighted by atomic mass is 10.1. The lowest BCUT2D eigenvalue weighted by molar-refractivity contribution is -0.115. The molecule has 0 bridgehead atoms. The summed E-state index contributed by atoms with van der Waals surface area (Å²) in [5, 5.41) is 11.8. The number of amides is 1. The Hall–Kier alpha value is -4.34. The molecule has 0 aliphatic rings. The van der Waals surface area contributed by atoms with Crippen LogP contribution in [0.4, 0.5) is 27.8 Å². The van der Waals surface area contributed by atoms with Crippen molar-refractivity contribution >= 4 is 11.7 Å². The highest BCUT2D eigenvalue weighted by Crippen LogP contribution is 2.29. The van der Waals surface area contributed by atoms with Gasteiger partial charge in [0.05, 0.1) is 18.3 Å². The molecule has 0 aliphatic heterocycles. The summed E-state index contributed by atoms with van der Waals surface area (Å²) < 4.78 is 68.1. The summed E-state index contributed by atoms with van der Waals surface area (Å²) in [5.41, 5.74) is 0.501. The summed E-state index contributed by atoms with van der Waals surface area (Å²) in [6, 6.07) is 14.7. The van der Waals surface area contributed by atoms with E-state index in [9.17, 15) is 31.9 Å². The van der Waals surface area contributed by atoms with Crippen molar-refractivity contribution in [2.75, 3.05) is 5.32 Å². The van der Waals surface area contributed by atoms with Crippen LogP contribution in [0.15, 0.2) is 60.8 Å². The average molecular weight is 471 g/mol. The maximum absolute atomic E-state index is 14.0. The van der Waals surface area contributed by atoms with Crippen LogP contribution >= 0.6 is 0 Å². The lowest BCUT2D eigenvalue weighted by Crippen LogP contribution is -2.19. The van der Waals surface area contributed by atoms with Crippen molar-refractivity contribution in [1.82, 2.24) is 9.97 Å². The van der Waals surface area contributed by atoms with Crippen LogP contribution in [0.3, 0.4) is 0 Å². The Morgan fingerprint density at radius 1 is 0.794 bits per heavy atom. The highest BCUT2D eigenvalue weighted by Gasteiger charge is 2.27. The van der Waals surface area contributed by atoms with Crippen molar-refractivity contribution < 1.29 is 31.9 Å². The number of carbonyl (C=O) groups excluding carboxylic acids is 1. The molecular formula is C24H14F5N3O2. The second kappa shape index (κ2) is 9.26. The summed E-state index contributed by atoms with van der Waals surface area (Å²) in [5.74, 6) is -11.8. The molecule has 5 nitrogen and oxygen atoms in total. The molecule has 0 saturated carbocycles. The molecule has 4 aromatic rings. The third-order valence-corrected chi connectivity index (χ3v) is 4.88. The third kappa shape index (κ3) is 4.42. The Morgan fingerprint density at radius 3 is 2.00 bits per heavy atom. The molecule has 34 heavy (non-hydrogen) atoms. The number of phenolic OH excluding ortho intramolecular Hbond substituents is 1. The molecule has 2 N–H and O–H groups in total. The smallest absolute Gasteiger partial charge is 0.230 e. The number of nitrogens with one attached hydrogen (secondary N) is 1. The highest BCUT2D eigenvalue weighted by atomic mass is 19.2. The number of benzene rings is 3. The SMILES string of the molecule is O=C(Cc1c(F)c(F)c(F)c(F)c1F)Nc1ncc(-c2ccc(O)cc2)nc1-c1ccccc1. The Morgan fingerprint density at radius 2 is 1.38 bits per heavy atom. The number of aromatic nitrogens is 2. The zero-order valence-electron chi connectivity index (χ0n) is 17.1. The van der Waals surface area contributed by atoms with Gasteiger partial charge in [-0.05, 0) is 24.3 Å². The van der Waals surface area contributed by atoms with E-state index in [1.165, 1.54) is 18.3 Å². The number of anilines is 1. The Balaban J connectivity index is 1.69. The quantitative estimate of drug-likeness (QED) is 0.232. The van der Waals surface area contributed by atoms with Crippen LogP contribution in [0.1, 0.15) is 5.56 Å². The van der Waals surface area contributed by atoms with E-state index in [0.717, 1.165) is 0 Å². The Kier molecular flexibility index (Phi) is 6.22. The van der Waals surface area contributed by atoms with Crippen LogP contribution in [-0.4, -0.2) is 21.0 Å². The minimum Gasteiger partial charge on any atom is -0.508 e. The van der Waals surface area contributed by atoms with Gasteiger partial charge in [0, 0.05) is 16.7 Å². The van der Waals surface area contributed by atoms with E-state index in [4.69, 9.17) is 0 Å². The molecule has 0 fully saturated rings. The number of hydrogen-bond acceptors (Lipinski definition) is 4. The monoisotopic (exact) mass is 471 g/mol. The van der Waals surface area contributed by atoms with E-state index < -0.39 is 47.0 Å². The van der Waals surface area contributed by atoms with Gasteiger partial charge in [-0.3, -0.25) is 4.79 Å². The maximum atomic E-state index is 14.0. The van der Waals surface area contributed by atoms with Gasteiger partial charge in [0.1, 0.15) is 11.4 Å². The van der Waals surface area contributed by atoms with Crippen molar-refractivity contribution in [2.45, 2.75) is 6.42 Å². The minimum absolute atomic E-state index is 0.0528. The number of hydrogen-bond donors (Lipinski definition) is 2. The zero-order valence-corrected chi connectivity index (χ0v) is 17.1. The molecular weight excluding hydrogens is 457 g/mol. The topological polar surface area (TPSA) is 75.1 Å². The molecule has 0 unspecified atom stereocenters. The largest absolute Gasteiger partial charge is 0.508 e. The summed E-state index contributed by atoms with van der Waals surface area (Å²) in [4.78, 5) is 21.2. The fourth-order valence-corrected chi connectivity index (χ4v) is 3.19. The van der Waals surface area contributed by atoms with Crippen LogP contribution in [-0.2, 0) is 11.2 Å². The molecule has 3 aromatic carbocycles. The van der Waals surface area contributed by atoms with Crippen LogP contribution in [0.5, 0.6) is 5.75 Å². The summed E-state index contributed by atoms with van der Waals surface area (Å²) in [7, 11) is 0. The van der Waals surface area contributed by atoms with Gasteiger partial charge in [0.25, 0.3) is 0 Å². The minimum atomic E-state index is -2.30. The molecule has 0 saturated heterocycles. The second-order valence-corrected chi connectivity index (χ2v) is 7.14. The molecule has 0 spiro atoms. The van der Waals surface area contributed by atoms with Gasteiger partial charge in [0.2, 0.25) is 11.7 Å². The number of phenols is 1. The second-order valence-electron chi connectivity index (χ2n) is 7.14. The molecule has 0 atom stereocenters. The van der Waals surface area contributed by atoms with E-state index in [-0.39, 0.29) is 17.3 Å². The molecule has 172 valence electrons. The first kappa shape index (κ1) is 22.8. The van der Waals surface area contributed by atoms with E-state index in [0.29, 0.717) is 16.8 Å². The van der Waals surface area contributed by atoms with Gasteiger partial charge in [-0.1, -0.05) is 30.3 Å². The van der Waals surface area contributed by atoms with Gasteiger partial charge in [-0.25, -0.2) is 31.9 Å². The molecule has 4 rings (SSSR count). The summed E-state index contributed by atoms with van der Waals surface area (Å²) in [6.07, 6.45) is 0.203. The summed E-state index contributed by atoms with van der Waals surface area (Å²) >= 11 is 0. The maximum Gasteiger partial charge on any atom is 0.230 e. The van der Waals surface area contributed by atoms with Crippen LogP contribution in [0.25, 0.3) is 22.5 Å². The van der Waals surface area contributed by atoms with Gasteiger partial charge in [0.15, 0.2) is 29.1 Å². The average Bonchev–Trinajstić information content (AvgIpc) is 2.85. The fourth-order valence-electron chi connectivity index (χ4n) is 3.19. The predicted molar refractivity (Wildman–Crippen MR) is 113 cm³/mol. The first-order chi connectivity index (χ1) is 16.3. The molecule has 1 amide bonds. The number of halogens is 5. The van der Waals surface area contributed by atoms with Crippen molar-refractivity contribution in [3.05, 3.63) is 95.4 Å². The lowest BCUT2D eigenvalue weighted by Gasteiger charge is -2.13. The van der Waals surface area contributed by atoms with Gasteiger partial charge >= 0.3 is 0 Å². The standard InChI is InChI=1S/C24H14F5N3O2/c25-18-15(19(26)21(28)22(29)20(18)27)10-17(34)32-24-23(13-4-2-1-3-5-13)31-16(11-30-24)12-6-8-14(33)9-7-12/h1-9,11,33H,10H2,(H,30,32,34). The number of aromatic hydroxyl groups is 1. The predicted octanol–water partition coefficient (Wildman–Crippen LogP) is 5.39. The van der Waals surface area contributed by atoms with E-state index >= 15 is 0 Å². The van der Waals surface area contributed by atoms with E-state index in [1.807, 2.05) is 0 Å². The molecule has 0 aliphatic carbocycles. The van der Waals surface area contributed by atoms with E-state index in [1.54, 1.807) is 42.5 Å². The number of rotatable bonds is 5. The number of carbonyl (C=O) groups is 1. The first-order valence-electron chi connectivity index (χ1n) is 9.78. The van der Waals surface area contributed by atoms with Crippen LogP contribution in [0.2, 0.25) is 0 Å². The Bertz CT molecular complexity index is 1350. The van der Waals surface area contributed by atoms with E-state index in [2.05, 4.69) is 15.3 Å². The van der Waals surface area contributed by atoms with Crippen molar-refractivity contribution in [3.63, 3.8) is 0 Å². The highest BCUT2D eigenvalue weighted by molar-refractivity contribution is 5.94. The molecule has 1 aromatic heterocycles. The molecule has 0 radical (unpaired) electrons. The van der Waals surface area contributed by atoms with Crippen LogP contribution < -0.4 is 5.32 Å². The molecule has 10 heteroatoms. The van der Waals surface area contributed by atoms with Gasteiger partial charge < -0.3 is 10.4 Å². The number of nitrogens with zero attached hydrogens (tertiary/aromatic N) is 2. The third-order valence-electron chi connectivity index (χ3n) is 4.88. The summed E-state index contributed by atoms with van der Waals surface area (Å²) in [6.45, 7) is 0. The van der Waals surface area contributed by atoms with Gasteiger partial charge in [-0.2, -0.15) is 0 Å². The first-order valence-corrected chi connectivity index (χ1v) is 9.78. The van der Waals surface area contributed by atoms with Crippen molar-refractivity contribution in [2.24, 2.45) is 0 Å². The van der Waals surface area contributed by atoms with Crippen LogP contribution in [0, 0.1) is 29.1 Å². The Labute approximate surface area is 189 Å². The van der Waals surface area contributed by atoms with Crippen molar-refractivity contribution in [1.29, 1.82) is 0 Å². The molecule has 1 heterocycles. The zero-order chi connectivity index (χ0) is 24.4. The van der Waals surface area contributed by atoms with Gasteiger partial charge in [-0.15, -0.1) is 0 Å². The fraction of sp³-hybridized carbons (Fsp3) is 0.0417.